The smallest absolute Gasteiger partial charge is 0.117 e. The van der Waals surface area contributed by atoms with E-state index in [0.29, 0.717) is 13.1 Å². The minimum atomic E-state index is -0.292. The zero-order valence-electron chi connectivity index (χ0n) is 11.6. The molecule has 0 aliphatic carbocycles. The third kappa shape index (κ3) is 2.91. The summed E-state index contributed by atoms with van der Waals surface area (Å²) >= 11 is 0. The fourth-order valence-electron chi connectivity index (χ4n) is 2.10. The van der Waals surface area contributed by atoms with Gasteiger partial charge in [0.15, 0.2) is 0 Å². The number of hydrogen-bond acceptors (Lipinski definition) is 4. The van der Waals surface area contributed by atoms with Crippen LogP contribution in [0.3, 0.4) is 0 Å². The van der Waals surface area contributed by atoms with Crippen LogP contribution in [0.15, 0.2) is 33.1 Å². The minimum absolute atomic E-state index is 0.292. The average molecular weight is 262 g/mol. The zero-order chi connectivity index (χ0) is 13.9. The lowest BCUT2D eigenvalue weighted by Crippen LogP contribution is -2.17. The second-order valence-corrected chi connectivity index (χ2v) is 5.23. The summed E-state index contributed by atoms with van der Waals surface area (Å²) < 4.78 is 11.7. The van der Waals surface area contributed by atoms with Gasteiger partial charge in [-0.3, -0.25) is 0 Å². The third-order valence-electron chi connectivity index (χ3n) is 3.34. The molecule has 0 aromatic carbocycles. The van der Waals surface area contributed by atoms with Crippen molar-refractivity contribution in [3.63, 3.8) is 0 Å². The van der Waals surface area contributed by atoms with E-state index in [1.807, 2.05) is 24.3 Å². The van der Waals surface area contributed by atoms with Crippen molar-refractivity contribution in [2.75, 3.05) is 13.1 Å². The molecule has 104 valence electrons. The summed E-state index contributed by atoms with van der Waals surface area (Å²) in [5.74, 6) is 3.62. The lowest BCUT2D eigenvalue weighted by atomic mass is 9.87. The van der Waals surface area contributed by atoms with Gasteiger partial charge in [-0.2, -0.15) is 0 Å². The van der Waals surface area contributed by atoms with Gasteiger partial charge in [0.25, 0.3) is 0 Å². The van der Waals surface area contributed by atoms with Crippen LogP contribution < -0.4 is 11.5 Å². The molecule has 0 amide bonds. The molecule has 0 bridgehead atoms. The van der Waals surface area contributed by atoms with Gasteiger partial charge in [-0.1, -0.05) is 0 Å². The summed E-state index contributed by atoms with van der Waals surface area (Å²) in [6, 6.07) is 7.95. The molecule has 0 aliphatic heterocycles. The SMILES string of the molecule is CC(C)(c1ccc(CCN)o1)c1ccc(CCN)o1. The van der Waals surface area contributed by atoms with Crippen LogP contribution >= 0.6 is 0 Å². The van der Waals surface area contributed by atoms with Gasteiger partial charge in [-0.25, -0.2) is 0 Å². The van der Waals surface area contributed by atoms with E-state index in [4.69, 9.17) is 20.3 Å². The van der Waals surface area contributed by atoms with E-state index in [1.165, 1.54) is 0 Å². The summed E-state index contributed by atoms with van der Waals surface area (Å²) in [7, 11) is 0. The van der Waals surface area contributed by atoms with E-state index >= 15 is 0 Å². The second-order valence-electron chi connectivity index (χ2n) is 5.23. The van der Waals surface area contributed by atoms with Gasteiger partial charge >= 0.3 is 0 Å². The maximum Gasteiger partial charge on any atom is 0.117 e. The minimum Gasteiger partial charge on any atom is -0.465 e. The first kappa shape index (κ1) is 13.9. The Morgan fingerprint density at radius 1 is 0.842 bits per heavy atom. The molecule has 0 saturated carbocycles. The Bertz CT molecular complexity index is 479. The molecule has 2 aromatic heterocycles. The standard InChI is InChI=1S/C15H22N2O2/c1-15(2,13-5-3-11(18-13)7-9-16)14-6-4-12(19-14)8-10-17/h3-6H,7-10,16-17H2,1-2H3. The van der Waals surface area contributed by atoms with Crippen molar-refractivity contribution < 1.29 is 8.83 Å². The van der Waals surface area contributed by atoms with Gasteiger partial charge in [0.1, 0.15) is 23.0 Å². The highest BCUT2D eigenvalue weighted by molar-refractivity contribution is 5.28. The third-order valence-corrected chi connectivity index (χ3v) is 3.34. The Balaban J connectivity index is 2.23. The molecular weight excluding hydrogens is 240 g/mol. The van der Waals surface area contributed by atoms with Gasteiger partial charge in [0, 0.05) is 12.8 Å². The van der Waals surface area contributed by atoms with Crippen LogP contribution in [0.1, 0.15) is 36.9 Å². The lowest BCUT2D eigenvalue weighted by molar-refractivity contribution is 0.342. The number of nitrogens with two attached hydrogens (primary N) is 2. The van der Waals surface area contributed by atoms with Crippen LogP contribution in [0.25, 0.3) is 0 Å². The molecule has 2 heterocycles. The van der Waals surface area contributed by atoms with Crippen LogP contribution in [0.5, 0.6) is 0 Å². The lowest BCUT2D eigenvalue weighted by Gasteiger charge is -2.19. The Morgan fingerprint density at radius 2 is 1.26 bits per heavy atom. The number of rotatable bonds is 6. The van der Waals surface area contributed by atoms with Crippen molar-refractivity contribution >= 4 is 0 Å². The fraction of sp³-hybridized carbons (Fsp3) is 0.467. The second kappa shape index (κ2) is 5.63. The molecule has 4 N–H and O–H groups in total. The normalized spacial score (nSPS) is 12.0. The molecule has 19 heavy (non-hydrogen) atoms. The maximum absolute atomic E-state index is 5.85. The van der Waals surface area contributed by atoms with E-state index in [9.17, 15) is 0 Å². The molecule has 0 radical (unpaired) electrons. The van der Waals surface area contributed by atoms with Crippen molar-refractivity contribution in [1.29, 1.82) is 0 Å². The Morgan fingerprint density at radius 3 is 1.63 bits per heavy atom. The molecule has 4 heteroatoms. The van der Waals surface area contributed by atoms with E-state index in [-0.39, 0.29) is 5.41 Å². The topological polar surface area (TPSA) is 78.3 Å². The molecular formula is C15H22N2O2. The molecule has 0 unspecified atom stereocenters. The largest absolute Gasteiger partial charge is 0.465 e. The predicted octanol–water partition coefficient (Wildman–Crippen LogP) is 2.20. The quantitative estimate of drug-likeness (QED) is 0.836. The van der Waals surface area contributed by atoms with Crippen LogP contribution in [-0.2, 0) is 18.3 Å². The van der Waals surface area contributed by atoms with E-state index < -0.39 is 0 Å². The summed E-state index contributed by atoms with van der Waals surface area (Å²) in [5.41, 5.74) is 10.8. The Hall–Kier alpha value is -1.52. The fourth-order valence-corrected chi connectivity index (χ4v) is 2.10. The van der Waals surface area contributed by atoms with Crippen LogP contribution in [0, 0.1) is 0 Å². The zero-order valence-corrected chi connectivity index (χ0v) is 11.6. The molecule has 4 nitrogen and oxygen atoms in total. The van der Waals surface area contributed by atoms with Crippen LogP contribution in [0.2, 0.25) is 0 Å². The van der Waals surface area contributed by atoms with Crippen molar-refractivity contribution in [3.8, 4) is 0 Å². The Labute approximate surface area is 113 Å². The van der Waals surface area contributed by atoms with Crippen molar-refractivity contribution in [3.05, 3.63) is 47.3 Å². The monoisotopic (exact) mass is 262 g/mol. The highest BCUT2D eigenvalue weighted by Crippen LogP contribution is 2.33. The molecule has 2 aromatic rings. The molecule has 2 rings (SSSR count). The van der Waals surface area contributed by atoms with Gasteiger partial charge in [-0.05, 0) is 51.2 Å². The van der Waals surface area contributed by atoms with E-state index in [0.717, 1.165) is 35.9 Å². The van der Waals surface area contributed by atoms with Crippen molar-refractivity contribution in [1.82, 2.24) is 0 Å². The summed E-state index contributed by atoms with van der Waals surface area (Å²) in [5, 5.41) is 0. The van der Waals surface area contributed by atoms with Gasteiger partial charge in [0.05, 0.1) is 5.41 Å². The highest BCUT2D eigenvalue weighted by Gasteiger charge is 2.30. The van der Waals surface area contributed by atoms with Crippen molar-refractivity contribution in [2.24, 2.45) is 11.5 Å². The molecule has 0 fully saturated rings. The summed E-state index contributed by atoms with van der Waals surface area (Å²) in [4.78, 5) is 0. The maximum atomic E-state index is 5.85. The molecule has 0 aliphatic rings. The van der Waals surface area contributed by atoms with E-state index in [1.54, 1.807) is 0 Å². The number of furan rings is 2. The first-order valence-electron chi connectivity index (χ1n) is 6.66. The summed E-state index contributed by atoms with van der Waals surface area (Å²) in [6.07, 6.45) is 1.51. The Kier molecular flexibility index (Phi) is 4.12. The molecule has 0 spiro atoms. The van der Waals surface area contributed by atoms with Crippen molar-refractivity contribution in [2.45, 2.75) is 32.1 Å². The van der Waals surface area contributed by atoms with Gasteiger partial charge in [-0.15, -0.1) is 0 Å². The van der Waals surface area contributed by atoms with Gasteiger partial charge < -0.3 is 20.3 Å². The molecule has 0 atom stereocenters. The summed E-state index contributed by atoms with van der Waals surface area (Å²) in [6.45, 7) is 5.36. The van der Waals surface area contributed by atoms with Crippen LogP contribution in [0.4, 0.5) is 0 Å². The van der Waals surface area contributed by atoms with Crippen LogP contribution in [-0.4, -0.2) is 13.1 Å². The van der Waals surface area contributed by atoms with Gasteiger partial charge in [0.2, 0.25) is 0 Å². The number of hydrogen-bond donors (Lipinski definition) is 2. The van der Waals surface area contributed by atoms with E-state index in [2.05, 4.69) is 13.8 Å². The highest BCUT2D eigenvalue weighted by atomic mass is 16.4. The first-order valence-corrected chi connectivity index (χ1v) is 6.66. The first-order chi connectivity index (χ1) is 9.07. The average Bonchev–Trinajstić information content (AvgIpc) is 2.99. The molecule has 0 saturated heterocycles. The predicted molar refractivity (Wildman–Crippen MR) is 75.1 cm³/mol.